The molecule has 2 unspecified atom stereocenters. The highest BCUT2D eigenvalue weighted by Gasteiger charge is 2.34. The van der Waals surface area contributed by atoms with Crippen LogP contribution in [0.5, 0.6) is 0 Å². The zero-order chi connectivity index (χ0) is 19.8. The third-order valence-corrected chi connectivity index (χ3v) is 6.36. The van der Waals surface area contributed by atoms with Gasteiger partial charge in [0.2, 0.25) is 5.95 Å². The molecule has 150 valence electrons. The van der Waals surface area contributed by atoms with Gasteiger partial charge in [0.15, 0.2) is 0 Å². The van der Waals surface area contributed by atoms with Gasteiger partial charge in [-0.05, 0) is 56.4 Å². The number of halogens is 1. The number of hydrogen-bond acceptors (Lipinski definition) is 4. The summed E-state index contributed by atoms with van der Waals surface area (Å²) in [7, 11) is 0. The minimum atomic E-state index is -0.263. The number of anilines is 2. The van der Waals surface area contributed by atoms with Crippen molar-refractivity contribution in [3.05, 3.63) is 51.7 Å². The topological polar surface area (TPSA) is 41.4 Å². The van der Waals surface area contributed by atoms with Gasteiger partial charge in [0.1, 0.15) is 5.82 Å². The van der Waals surface area contributed by atoms with E-state index in [9.17, 15) is 9.18 Å². The summed E-state index contributed by atoms with van der Waals surface area (Å²) < 4.78 is 15.3. The maximum atomic E-state index is 13.5. The molecule has 28 heavy (non-hydrogen) atoms. The number of nitrogens with zero attached hydrogens (tertiary/aromatic N) is 4. The highest BCUT2D eigenvalue weighted by Crippen LogP contribution is 2.34. The lowest BCUT2D eigenvalue weighted by Gasteiger charge is -2.45. The lowest BCUT2D eigenvalue weighted by atomic mass is 9.85. The Morgan fingerprint density at radius 3 is 2.54 bits per heavy atom. The molecule has 1 aromatic carbocycles. The van der Waals surface area contributed by atoms with Crippen LogP contribution in [0, 0.1) is 18.7 Å². The molecule has 0 spiro atoms. The SMILES string of the molecule is CCc1c(C)nc2n(c1=O)CN(C1CCCCC1C)CN2c1ccc(F)cc1. The highest BCUT2D eigenvalue weighted by molar-refractivity contribution is 5.58. The highest BCUT2D eigenvalue weighted by atomic mass is 19.1. The van der Waals surface area contributed by atoms with Crippen molar-refractivity contribution >= 4 is 11.6 Å². The summed E-state index contributed by atoms with van der Waals surface area (Å²) >= 11 is 0. The van der Waals surface area contributed by atoms with E-state index in [1.54, 1.807) is 16.7 Å². The molecule has 1 aliphatic heterocycles. The summed E-state index contributed by atoms with van der Waals surface area (Å²) in [6, 6.07) is 6.91. The van der Waals surface area contributed by atoms with Gasteiger partial charge in [-0.2, -0.15) is 0 Å². The molecule has 1 aliphatic carbocycles. The van der Waals surface area contributed by atoms with Gasteiger partial charge < -0.3 is 0 Å². The van der Waals surface area contributed by atoms with Crippen LogP contribution < -0.4 is 10.5 Å². The maximum Gasteiger partial charge on any atom is 0.259 e. The van der Waals surface area contributed by atoms with E-state index >= 15 is 0 Å². The Kier molecular flexibility index (Phi) is 5.23. The van der Waals surface area contributed by atoms with Crippen molar-refractivity contribution < 1.29 is 4.39 Å². The third kappa shape index (κ3) is 3.34. The Morgan fingerprint density at radius 2 is 1.86 bits per heavy atom. The Bertz CT molecular complexity index is 908. The normalized spacial score (nSPS) is 22.9. The largest absolute Gasteiger partial charge is 0.298 e. The molecule has 1 aromatic heterocycles. The fourth-order valence-electron chi connectivity index (χ4n) is 4.77. The molecule has 1 fully saturated rings. The Morgan fingerprint density at radius 1 is 1.14 bits per heavy atom. The Hall–Kier alpha value is -2.21. The van der Waals surface area contributed by atoms with Crippen LogP contribution in [0.1, 0.15) is 50.8 Å². The van der Waals surface area contributed by atoms with Gasteiger partial charge >= 0.3 is 0 Å². The molecule has 2 aromatic rings. The van der Waals surface area contributed by atoms with E-state index < -0.39 is 0 Å². The van der Waals surface area contributed by atoms with Gasteiger partial charge in [-0.3, -0.25) is 19.2 Å². The summed E-state index contributed by atoms with van der Waals surface area (Å²) in [5.41, 5.74) is 2.47. The molecular formula is C22H29FN4O. The first-order valence-corrected chi connectivity index (χ1v) is 10.4. The van der Waals surface area contributed by atoms with Crippen molar-refractivity contribution in [3.63, 3.8) is 0 Å². The van der Waals surface area contributed by atoms with Crippen molar-refractivity contribution in [3.8, 4) is 0 Å². The Labute approximate surface area is 165 Å². The van der Waals surface area contributed by atoms with E-state index in [0.29, 0.717) is 37.7 Å². The molecule has 1 saturated carbocycles. The van der Waals surface area contributed by atoms with Crippen molar-refractivity contribution in [2.45, 2.75) is 65.6 Å². The van der Waals surface area contributed by atoms with Crippen LogP contribution in [0.15, 0.2) is 29.1 Å². The molecule has 2 heterocycles. The molecule has 6 heteroatoms. The molecule has 2 aliphatic rings. The van der Waals surface area contributed by atoms with Crippen LogP contribution in [0.4, 0.5) is 16.0 Å². The number of rotatable bonds is 3. The average molecular weight is 384 g/mol. The first kappa shape index (κ1) is 19.1. The van der Waals surface area contributed by atoms with E-state index in [0.717, 1.165) is 23.4 Å². The predicted molar refractivity (Wildman–Crippen MR) is 109 cm³/mol. The van der Waals surface area contributed by atoms with Gasteiger partial charge in [0, 0.05) is 23.0 Å². The third-order valence-electron chi connectivity index (χ3n) is 6.36. The lowest BCUT2D eigenvalue weighted by Crippen LogP contribution is -2.53. The summed E-state index contributed by atoms with van der Waals surface area (Å²) in [5, 5.41) is 0. The minimum absolute atomic E-state index is 0.0466. The molecular weight excluding hydrogens is 355 g/mol. The van der Waals surface area contributed by atoms with Gasteiger partial charge in [-0.1, -0.05) is 26.7 Å². The van der Waals surface area contributed by atoms with Gasteiger partial charge in [-0.15, -0.1) is 0 Å². The predicted octanol–water partition coefficient (Wildman–Crippen LogP) is 4.20. The van der Waals surface area contributed by atoms with E-state index in [1.165, 1.54) is 31.4 Å². The van der Waals surface area contributed by atoms with Crippen LogP contribution in [0.2, 0.25) is 0 Å². The van der Waals surface area contributed by atoms with E-state index in [4.69, 9.17) is 4.98 Å². The maximum absolute atomic E-state index is 13.5. The molecule has 0 amide bonds. The molecule has 5 nitrogen and oxygen atoms in total. The van der Waals surface area contributed by atoms with Crippen LogP contribution in [0.25, 0.3) is 0 Å². The number of hydrogen-bond donors (Lipinski definition) is 0. The number of benzene rings is 1. The first-order chi connectivity index (χ1) is 13.5. The van der Waals surface area contributed by atoms with Gasteiger partial charge in [0.25, 0.3) is 5.56 Å². The number of aromatic nitrogens is 2. The molecule has 0 saturated heterocycles. The van der Waals surface area contributed by atoms with Crippen LogP contribution in [-0.4, -0.2) is 27.2 Å². The smallest absolute Gasteiger partial charge is 0.259 e. The van der Waals surface area contributed by atoms with Crippen LogP contribution in [-0.2, 0) is 13.1 Å². The van der Waals surface area contributed by atoms with Crippen molar-refractivity contribution in [1.82, 2.24) is 14.5 Å². The molecule has 0 bridgehead atoms. The zero-order valence-corrected chi connectivity index (χ0v) is 17.0. The summed E-state index contributed by atoms with van der Waals surface area (Å²) in [6.07, 6.45) is 5.57. The standard InChI is InChI=1S/C22H29FN4O/c1-4-19-16(3)24-22-26(18-11-9-17(23)10-12-18)13-25(14-27(22)21(19)28)20-8-6-5-7-15(20)2/h9-12,15,20H,4-8,13-14H2,1-3H3. The molecule has 0 radical (unpaired) electrons. The van der Waals surface area contributed by atoms with Crippen LogP contribution >= 0.6 is 0 Å². The fraction of sp³-hybridized carbons (Fsp3) is 0.545. The summed E-state index contributed by atoms with van der Waals surface area (Å²) in [6.45, 7) is 7.45. The van der Waals surface area contributed by atoms with Crippen molar-refractivity contribution in [1.29, 1.82) is 0 Å². The monoisotopic (exact) mass is 384 g/mol. The van der Waals surface area contributed by atoms with Crippen molar-refractivity contribution in [2.24, 2.45) is 5.92 Å². The van der Waals surface area contributed by atoms with Gasteiger partial charge in [0.05, 0.1) is 13.3 Å². The first-order valence-electron chi connectivity index (χ1n) is 10.4. The lowest BCUT2D eigenvalue weighted by molar-refractivity contribution is 0.0723. The van der Waals surface area contributed by atoms with Gasteiger partial charge in [-0.25, -0.2) is 9.37 Å². The van der Waals surface area contributed by atoms with E-state index in [1.807, 2.05) is 13.8 Å². The molecule has 2 atom stereocenters. The molecule has 4 rings (SSSR count). The van der Waals surface area contributed by atoms with E-state index in [-0.39, 0.29) is 11.4 Å². The van der Waals surface area contributed by atoms with E-state index in [2.05, 4.69) is 16.7 Å². The van der Waals surface area contributed by atoms with Crippen molar-refractivity contribution in [2.75, 3.05) is 11.6 Å². The fourth-order valence-corrected chi connectivity index (χ4v) is 4.77. The quantitative estimate of drug-likeness (QED) is 0.795. The minimum Gasteiger partial charge on any atom is -0.298 e. The number of aryl methyl sites for hydroxylation is 1. The molecule has 0 N–H and O–H groups in total. The van der Waals surface area contributed by atoms with Crippen LogP contribution in [0.3, 0.4) is 0 Å². The zero-order valence-electron chi connectivity index (χ0n) is 17.0. The Balaban J connectivity index is 1.81. The summed E-state index contributed by atoms with van der Waals surface area (Å²) in [5.74, 6) is 0.998. The number of fused-ring (bicyclic) bond motifs is 1. The second kappa shape index (κ2) is 7.66. The summed E-state index contributed by atoms with van der Waals surface area (Å²) in [4.78, 5) is 22.5. The average Bonchev–Trinajstić information content (AvgIpc) is 2.69. The second-order valence-corrected chi connectivity index (χ2v) is 8.17. The second-order valence-electron chi connectivity index (χ2n) is 8.17.